The molecule has 154 valence electrons. The smallest absolute Gasteiger partial charge is 0.309 e. The molecule has 2 aromatic carbocycles. The fourth-order valence-electron chi connectivity index (χ4n) is 3.61. The van der Waals surface area contributed by atoms with Crippen LogP contribution in [0, 0.1) is 0 Å². The number of aromatic nitrogens is 1. The number of pyridine rings is 1. The first-order valence-electron chi connectivity index (χ1n) is 9.25. The van der Waals surface area contributed by atoms with Crippen LogP contribution in [-0.4, -0.2) is 41.1 Å². The van der Waals surface area contributed by atoms with Gasteiger partial charge in [-0.05, 0) is 23.6 Å². The molecule has 3 aromatic rings. The van der Waals surface area contributed by atoms with Crippen molar-refractivity contribution in [1.29, 1.82) is 0 Å². The van der Waals surface area contributed by atoms with Gasteiger partial charge in [-0.2, -0.15) is 0 Å². The third-order valence-corrected chi connectivity index (χ3v) is 4.98. The van der Waals surface area contributed by atoms with E-state index in [1.54, 1.807) is 42.5 Å². The van der Waals surface area contributed by atoms with Crippen LogP contribution in [-0.2, 0) is 11.3 Å². The number of hydrogen-bond acceptors (Lipinski definition) is 7. The van der Waals surface area contributed by atoms with E-state index in [1.165, 1.54) is 26.0 Å². The number of aliphatic hydroxyl groups excluding tert-OH is 1. The van der Waals surface area contributed by atoms with Crippen molar-refractivity contribution in [3.05, 3.63) is 59.3 Å². The lowest BCUT2D eigenvalue weighted by atomic mass is 10.1. The van der Waals surface area contributed by atoms with Crippen LogP contribution in [0.15, 0.2) is 42.5 Å². The summed E-state index contributed by atoms with van der Waals surface area (Å²) in [5.74, 6) is 0.269. The second kappa shape index (κ2) is 7.64. The number of esters is 1. The van der Waals surface area contributed by atoms with E-state index < -0.39 is 12.2 Å². The van der Waals surface area contributed by atoms with Gasteiger partial charge in [-0.15, -0.1) is 0 Å². The number of methoxy groups -OCH3 is 2. The predicted molar refractivity (Wildman–Crippen MR) is 107 cm³/mol. The van der Waals surface area contributed by atoms with E-state index in [0.29, 0.717) is 39.1 Å². The van der Waals surface area contributed by atoms with Crippen molar-refractivity contribution in [2.75, 3.05) is 14.2 Å². The summed E-state index contributed by atoms with van der Waals surface area (Å²) in [4.78, 5) is 30.1. The van der Waals surface area contributed by atoms with E-state index in [9.17, 15) is 14.7 Å². The summed E-state index contributed by atoms with van der Waals surface area (Å²) in [5.41, 5.74) is 1.44. The number of carbonyl (C=O) groups is 2. The zero-order valence-electron chi connectivity index (χ0n) is 16.7. The molecule has 1 unspecified atom stereocenters. The number of rotatable bonds is 5. The highest BCUT2D eigenvalue weighted by Crippen LogP contribution is 2.37. The maximum atomic E-state index is 12.8. The van der Waals surface area contributed by atoms with Gasteiger partial charge in [-0.25, -0.2) is 4.98 Å². The van der Waals surface area contributed by atoms with E-state index in [1.807, 2.05) is 0 Å². The van der Waals surface area contributed by atoms with Crippen LogP contribution in [0.3, 0.4) is 0 Å². The molecule has 1 N–H and O–H groups in total. The molecular weight excluding hydrogens is 388 g/mol. The summed E-state index contributed by atoms with van der Waals surface area (Å²) < 4.78 is 15.9. The third kappa shape index (κ3) is 3.31. The minimum Gasteiger partial charge on any atom is -0.493 e. The maximum Gasteiger partial charge on any atom is 0.309 e. The quantitative estimate of drug-likeness (QED) is 0.648. The van der Waals surface area contributed by atoms with Crippen molar-refractivity contribution >= 4 is 22.6 Å². The Hall–Kier alpha value is -3.65. The Morgan fingerprint density at radius 2 is 1.83 bits per heavy atom. The van der Waals surface area contributed by atoms with Crippen LogP contribution < -0.4 is 14.2 Å². The molecule has 30 heavy (non-hydrogen) atoms. The van der Waals surface area contributed by atoms with E-state index in [-0.39, 0.29) is 18.3 Å². The van der Waals surface area contributed by atoms with Crippen molar-refractivity contribution in [2.24, 2.45) is 0 Å². The largest absolute Gasteiger partial charge is 0.493 e. The van der Waals surface area contributed by atoms with Crippen LogP contribution in [0.2, 0.25) is 0 Å². The van der Waals surface area contributed by atoms with Gasteiger partial charge in [0.15, 0.2) is 17.7 Å². The minimum atomic E-state index is -1.09. The number of benzene rings is 2. The molecule has 0 radical (unpaired) electrons. The molecule has 0 fully saturated rings. The topological polar surface area (TPSA) is 98.2 Å². The van der Waals surface area contributed by atoms with Crippen molar-refractivity contribution in [3.8, 4) is 17.4 Å². The van der Waals surface area contributed by atoms with E-state index in [0.717, 1.165) is 0 Å². The molecule has 0 spiro atoms. The lowest BCUT2D eigenvalue weighted by Crippen LogP contribution is -2.28. The van der Waals surface area contributed by atoms with Crippen molar-refractivity contribution in [2.45, 2.75) is 19.7 Å². The molecular formula is C22H20N2O6. The highest BCUT2D eigenvalue weighted by atomic mass is 16.5. The van der Waals surface area contributed by atoms with Gasteiger partial charge in [-0.1, -0.05) is 18.2 Å². The molecule has 8 nitrogen and oxygen atoms in total. The molecule has 0 saturated heterocycles. The molecule has 4 rings (SSSR count). The number of nitrogens with zero attached hydrogens (tertiary/aromatic N) is 2. The van der Waals surface area contributed by atoms with Gasteiger partial charge in [0, 0.05) is 29.5 Å². The van der Waals surface area contributed by atoms with Crippen LogP contribution in [0.5, 0.6) is 17.4 Å². The van der Waals surface area contributed by atoms with Gasteiger partial charge in [0.05, 0.1) is 26.5 Å². The summed E-state index contributed by atoms with van der Waals surface area (Å²) in [6.07, 6.45) is -1.09. The van der Waals surface area contributed by atoms with Crippen LogP contribution in [0.4, 0.5) is 0 Å². The average molecular weight is 408 g/mol. The molecule has 1 aliphatic rings. The van der Waals surface area contributed by atoms with Gasteiger partial charge in [0.25, 0.3) is 5.91 Å². The second-order valence-electron chi connectivity index (χ2n) is 6.82. The summed E-state index contributed by atoms with van der Waals surface area (Å²) in [6.45, 7) is 1.29. The summed E-state index contributed by atoms with van der Waals surface area (Å²) in [6, 6.07) is 12.0. The molecule has 0 aliphatic carbocycles. The minimum absolute atomic E-state index is 0.00969. The highest BCUT2D eigenvalue weighted by Gasteiger charge is 2.35. The standard InChI is InChI=1S/C22H20N2O6/c1-12(25)30-20-9-13-8-18(28-2)19(29-3)10-16(13)17(23-20)11-24-21(26)14-6-4-5-7-15(14)22(24)27/h4-10,21,26H,11H2,1-3H3. The third-order valence-electron chi connectivity index (χ3n) is 4.98. The Labute approximate surface area is 172 Å². The molecule has 8 heteroatoms. The number of carbonyl (C=O) groups excluding carboxylic acids is 2. The Morgan fingerprint density at radius 1 is 1.13 bits per heavy atom. The summed E-state index contributed by atoms with van der Waals surface area (Å²) in [5, 5.41) is 12.1. The van der Waals surface area contributed by atoms with Gasteiger partial charge in [0.1, 0.15) is 0 Å². The first-order valence-corrected chi connectivity index (χ1v) is 9.25. The molecule has 1 aliphatic heterocycles. The lowest BCUT2D eigenvalue weighted by Gasteiger charge is -2.22. The first kappa shape index (κ1) is 19.7. The van der Waals surface area contributed by atoms with Gasteiger partial charge >= 0.3 is 5.97 Å². The van der Waals surface area contributed by atoms with Gasteiger partial charge in [0.2, 0.25) is 5.88 Å². The van der Waals surface area contributed by atoms with E-state index in [2.05, 4.69) is 4.98 Å². The lowest BCUT2D eigenvalue weighted by molar-refractivity contribution is -0.132. The van der Waals surface area contributed by atoms with Crippen molar-refractivity contribution in [3.63, 3.8) is 0 Å². The zero-order chi connectivity index (χ0) is 21.4. The van der Waals surface area contributed by atoms with E-state index in [4.69, 9.17) is 14.2 Å². The number of hydrogen-bond donors (Lipinski definition) is 1. The fraction of sp³-hybridized carbons (Fsp3) is 0.227. The second-order valence-corrected chi connectivity index (χ2v) is 6.82. The number of fused-ring (bicyclic) bond motifs is 2. The predicted octanol–water partition coefficient (Wildman–Crippen LogP) is 2.82. The number of ether oxygens (including phenoxy) is 3. The monoisotopic (exact) mass is 408 g/mol. The SMILES string of the molecule is COc1cc2cc(OC(C)=O)nc(CN3C(=O)c4ccccc4C3O)c2cc1OC. The summed E-state index contributed by atoms with van der Waals surface area (Å²) >= 11 is 0. The normalized spacial score (nSPS) is 15.3. The fourth-order valence-corrected chi connectivity index (χ4v) is 3.61. The first-order chi connectivity index (χ1) is 14.4. The van der Waals surface area contributed by atoms with E-state index >= 15 is 0 Å². The highest BCUT2D eigenvalue weighted by molar-refractivity contribution is 5.99. The van der Waals surface area contributed by atoms with Crippen LogP contribution in [0.25, 0.3) is 10.8 Å². The molecule has 1 atom stereocenters. The maximum absolute atomic E-state index is 12.8. The van der Waals surface area contributed by atoms with Gasteiger partial charge in [-0.3, -0.25) is 9.59 Å². The van der Waals surface area contributed by atoms with Crippen LogP contribution in [0.1, 0.15) is 34.8 Å². The molecule has 1 aromatic heterocycles. The number of aliphatic hydroxyl groups is 1. The Balaban J connectivity index is 1.82. The van der Waals surface area contributed by atoms with Gasteiger partial charge < -0.3 is 24.2 Å². The Bertz CT molecular complexity index is 1160. The number of amides is 1. The Kier molecular flexibility index (Phi) is 5.01. The molecule has 1 amide bonds. The molecule has 0 saturated carbocycles. The Morgan fingerprint density at radius 3 is 2.50 bits per heavy atom. The summed E-state index contributed by atoms with van der Waals surface area (Å²) in [7, 11) is 3.05. The van der Waals surface area contributed by atoms with Crippen molar-refractivity contribution < 1.29 is 28.9 Å². The molecule has 2 heterocycles. The molecule has 0 bridgehead atoms. The zero-order valence-corrected chi connectivity index (χ0v) is 16.7. The van der Waals surface area contributed by atoms with Crippen LogP contribution >= 0.6 is 0 Å². The average Bonchev–Trinajstić information content (AvgIpc) is 2.97. The van der Waals surface area contributed by atoms with Crippen molar-refractivity contribution in [1.82, 2.24) is 9.88 Å².